The van der Waals surface area contributed by atoms with Crippen molar-refractivity contribution in [3.63, 3.8) is 0 Å². The summed E-state index contributed by atoms with van der Waals surface area (Å²) in [6, 6.07) is 3.79. The van der Waals surface area contributed by atoms with Gasteiger partial charge >= 0.3 is 12.2 Å². The summed E-state index contributed by atoms with van der Waals surface area (Å²) in [6.07, 6.45) is -1.63. The molecule has 0 saturated carbocycles. The lowest BCUT2D eigenvalue weighted by Gasteiger charge is -2.32. The van der Waals surface area contributed by atoms with Crippen molar-refractivity contribution in [1.29, 1.82) is 0 Å². The lowest BCUT2D eigenvalue weighted by atomic mass is 9.95. The number of carbonyl (C=O) groups is 1. The zero-order chi connectivity index (χ0) is 35.5. The summed E-state index contributed by atoms with van der Waals surface area (Å²) in [5, 5.41) is 10.2. The third-order valence-corrected chi connectivity index (χ3v) is 9.58. The van der Waals surface area contributed by atoms with Crippen molar-refractivity contribution in [1.82, 2.24) is 19.9 Å². The molecule has 3 aliphatic rings. The molecule has 1 N–H and O–H groups in total. The molecule has 1 unspecified atom stereocenters. The van der Waals surface area contributed by atoms with Gasteiger partial charge in [-0.2, -0.15) is 23.1 Å². The number of aliphatic hydroxyl groups excluding tert-OH is 1. The summed E-state index contributed by atoms with van der Waals surface area (Å²) < 4.78 is 104. The van der Waals surface area contributed by atoms with E-state index < -0.39 is 65.4 Å². The minimum Gasteiger partial charge on any atom is -0.475 e. The predicted molar refractivity (Wildman–Crippen MR) is 168 cm³/mol. The van der Waals surface area contributed by atoms with Crippen molar-refractivity contribution in [2.45, 2.75) is 56.2 Å². The molecule has 0 amide bonds. The number of hydrogen-bond acceptors (Lipinski definition) is 10. The van der Waals surface area contributed by atoms with Gasteiger partial charge in [0.1, 0.15) is 53.4 Å². The molecule has 0 radical (unpaired) electrons. The monoisotopic (exact) mass is 701 g/mol. The van der Waals surface area contributed by atoms with Crippen LogP contribution in [0.4, 0.5) is 32.2 Å². The maximum absolute atomic E-state index is 17.0. The van der Waals surface area contributed by atoms with Crippen molar-refractivity contribution in [3.05, 3.63) is 41.5 Å². The van der Waals surface area contributed by atoms with E-state index in [1.807, 2.05) is 4.90 Å². The number of ether oxygens (including phenoxy) is 3. The third kappa shape index (κ3) is 5.67. The first-order chi connectivity index (χ1) is 23.8. The molecule has 262 valence electrons. The van der Waals surface area contributed by atoms with Crippen LogP contribution in [0, 0.1) is 24.0 Å². The van der Waals surface area contributed by atoms with Gasteiger partial charge in [0.2, 0.25) is 5.88 Å². The fourth-order valence-electron chi connectivity index (χ4n) is 7.23. The maximum Gasteiger partial charge on any atom is 0.416 e. The number of aliphatic hydroxyl groups is 1. The maximum atomic E-state index is 17.0. The lowest BCUT2D eigenvalue weighted by molar-refractivity contribution is -0.200. The highest BCUT2D eigenvalue weighted by molar-refractivity contribution is 6.04. The molecule has 0 bridgehead atoms. The van der Waals surface area contributed by atoms with E-state index in [0.29, 0.717) is 13.0 Å². The fraction of sp³-hybridized carbons (Fsp3) is 0.412. The van der Waals surface area contributed by atoms with Gasteiger partial charge in [-0.05, 0) is 49.9 Å². The standard InChI is InChI=1S/C34H29F6N5O5/c1-3-21-23(36)6-5-18-9-20(50-16-46)10-22(25(18)21)28-27(37)29-26-30(45(13-24(47)34(38,39)40)17(2)14-48-31(26)41-28)43-32(42-29)49-15-33-7-4-8-44(33)12-19(35)11-33/h1,5-6,9-10,16-17,19,24,47H,4,7-8,11-15H2,2H3/t17-,19+,24?,33-/m0/s1. The number of nitrogens with zero attached hydrogens (tertiary/aromatic N) is 5. The number of anilines is 1. The molecule has 5 heterocycles. The van der Waals surface area contributed by atoms with E-state index in [0.717, 1.165) is 17.4 Å². The topological polar surface area (TPSA) is 110 Å². The Morgan fingerprint density at radius 3 is 2.76 bits per heavy atom. The zero-order valence-electron chi connectivity index (χ0n) is 26.4. The number of β-amino-alcohol motifs (C(OH)–C–C–N with tert-alkyl or cyclic N) is 1. The van der Waals surface area contributed by atoms with Crippen LogP contribution >= 0.6 is 0 Å². The number of alkyl halides is 4. The first-order valence-corrected chi connectivity index (χ1v) is 15.7. The minimum absolute atomic E-state index is 0.0498. The predicted octanol–water partition coefficient (Wildman–Crippen LogP) is 5.11. The first kappa shape index (κ1) is 33.6. The molecule has 16 heteroatoms. The Bertz CT molecular complexity index is 2060. The van der Waals surface area contributed by atoms with Crippen LogP contribution in [-0.4, -0.2) is 94.3 Å². The molecule has 50 heavy (non-hydrogen) atoms. The second-order valence-corrected chi connectivity index (χ2v) is 12.7. The molecular formula is C34H29F6N5O5. The van der Waals surface area contributed by atoms with E-state index in [-0.39, 0.29) is 77.4 Å². The molecule has 10 nitrogen and oxygen atoms in total. The van der Waals surface area contributed by atoms with Crippen LogP contribution in [0.3, 0.4) is 0 Å². The number of terminal acetylenes is 1. The molecule has 2 saturated heterocycles. The van der Waals surface area contributed by atoms with Gasteiger partial charge in [0.05, 0.1) is 23.7 Å². The summed E-state index contributed by atoms with van der Waals surface area (Å²) in [5.41, 5.74) is -1.94. The average Bonchev–Trinajstić information content (AvgIpc) is 3.56. The highest BCUT2D eigenvalue weighted by Crippen LogP contribution is 2.45. The molecule has 3 aliphatic heterocycles. The van der Waals surface area contributed by atoms with E-state index in [1.54, 1.807) is 0 Å². The minimum atomic E-state index is -5.00. The van der Waals surface area contributed by atoms with Crippen LogP contribution in [-0.2, 0) is 4.79 Å². The Kier molecular flexibility index (Phi) is 8.38. The van der Waals surface area contributed by atoms with E-state index in [9.17, 15) is 31.9 Å². The van der Waals surface area contributed by atoms with Crippen LogP contribution < -0.4 is 19.1 Å². The van der Waals surface area contributed by atoms with Crippen molar-refractivity contribution < 1.29 is 50.5 Å². The SMILES string of the molecule is C#Cc1c(F)ccc2cc(OC=O)cc(-c3nc4c5c(nc(OC[C@@]67CCCN6C[C@H](F)C7)nc5c3F)N(CC(O)C(F)(F)F)[C@@H](C)CO4)c12. The van der Waals surface area contributed by atoms with E-state index in [1.165, 1.54) is 25.1 Å². The second-order valence-electron chi connectivity index (χ2n) is 12.7. The van der Waals surface area contributed by atoms with Gasteiger partial charge in [0.25, 0.3) is 6.47 Å². The first-order valence-electron chi connectivity index (χ1n) is 15.7. The number of rotatable bonds is 8. The van der Waals surface area contributed by atoms with Gasteiger partial charge in [-0.25, -0.2) is 18.2 Å². The molecule has 4 atom stereocenters. The van der Waals surface area contributed by atoms with Crippen molar-refractivity contribution in [3.8, 4) is 41.2 Å². The number of aromatic nitrogens is 3. The van der Waals surface area contributed by atoms with Crippen molar-refractivity contribution in [2.24, 2.45) is 0 Å². The molecular weight excluding hydrogens is 672 g/mol. The van der Waals surface area contributed by atoms with Gasteiger partial charge in [0, 0.05) is 23.9 Å². The quantitative estimate of drug-likeness (QED) is 0.151. The zero-order valence-corrected chi connectivity index (χ0v) is 26.4. The largest absolute Gasteiger partial charge is 0.475 e. The number of halogens is 6. The molecule has 2 fully saturated rings. The van der Waals surface area contributed by atoms with Crippen LogP contribution in [0.1, 0.15) is 31.7 Å². The Labute approximate surface area is 281 Å². The number of hydrogen-bond donors (Lipinski definition) is 1. The van der Waals surface area contributed by atoms with Crippen LogP contribution in [0.15, 0.2) is 24.3 Å². The van der Waals surface area contributed by atoms with Gasteiger partial charge in [-0.3, -0.25) is 9.69 Å². The Balaban J connectivity index is 1.46. The molecule has 0 aliphatic carbocycles. The number of carbonyl (C=O) groups excluding carboxylic acids is 1. The lowest BCUT2D eigenvalue weighted by Crippen LogP contribution is -2.46. The Morgan fingerprint density at radius 1 is 1.22 bits per heavy atom. The highest BCUT2D eigenvalue weighted by Gasteiger charge is 2.49. The number of benzene rings is 2. The van der Waals surface area contributed by atoms with Gasteiger partial charge in [-0.15, -0.1) is 6.42 Å². The fourth-order valence-corrected chi connectivity index (χ4v) is 7.23. The normalized spacial score (nSPS) is 22.6. The molecule has 2 aromatic carbocycles. The van der Waals surface area contributed by atoms with Crippen LogP contribution in [0.2, 0.25) is 0 Å². The van der Waals surface area contributed by atoms with Crippen molar-refractivity contribution >= 4 is 34.0 Å². The van der Waals surface area contributed by atoms with Gasteiger partial charge < -0.3 is 24.2 Å². The smallest absolute Gasteiger partial charge is 0.416 e. The van der Waals surface area contributed by atoms with Gasteiger partial charge in [0.15, 0.2) is 11.9 Å². The molecule has 2 aromatic heterocycles. The van der Waals surface area contributed by atoms with Crippen molar-refractivity contribution in [2.75, 3.05) is 37.7 Å². The molecule has 0 spiro atoms. The van der Waals surface area contributed by atoms with Gasteiger partial charge in [-0.1, -0.05) is 12.0 Å². The summed E-state index contributed by atoms with van der Waals surface area (Å²) in [4.78, 5) is 27.5. The Hall–Kier alpha value is -4.88. The molecule has 4 aromatic rings. The third-order valence-electron chi connectivity index (χ3n) is 9.58. The van der Waals surface area contributed by atoms with E-state index >= 15 is 4.39 Å². The summed E-state index contributed by atoms with van der Waals surface area (Å²) in [5.74, 6) is -0.243. The van der Waals surface area contributed by atoms with E-state index in [4.69, 9.17) is 20.6 Å². The van der Waals surface area contributed by atoms with Crippen LogP contribution in [0.25, 0.3) is 32.9 Å². The summed E-state index contributed by atoms with van der Waals surface area (Å²) >= 11 is 0. The number of fused-ring (bicyclic) bond motifs is 2. The second kappa shape index (κ2) is 12.5. The van der Waals surface area contributed by atoms with Crippen LogP contribution in [0.5, 0.6) is 17.6 Å². The molecule has 7 rings (SSSR count). The van der Waals surface area contributed by atoms with E-state index in [2.05, 4.69) is 20.9 Å². The average molecular weight is 702 g/mol. The Morgan fingerprint density at radius 2 is 2.02 bits per heavy atom. The highest BCUT2D eigenvalue weighted by atomic mass is 19.4. The summed E-state index contributed by atoms with van der Waals surface area (Å²) in [6.45, 7) is 1.18. The number of pyridine rings is 1. The summed E-state index contributed by atoms with van der Waals surface area (Å²) in [7, 11) is 0.